The number of thiophene rings is 2. The lowest BCUT2D eigenvalue weighted by Crippen LogP contribution is -2.11. The molecule has 4 heteroatoms. The van der Waals surface area contributed by atoms with E-state index < -0.39 is 0 Å². The first kappa shape index (κ1) is 32.9. The predicted octanol–water partition coefficient (Wildman–Crippen LogP) is 16.3. The van der Waals surface area contributed by atoms with Gasteiger partial charge in [0.05, 0.1) is 9.40 Å². The molecule has 2 aromatic heterocycles. The van der Waals surface area contributed by atoms with Crippen molar-refractivity contribution in [3.05, 3.63) is 193 Å². The summed E-state index contributed by atoms with van der Waals surface area (Å²) in [5, 5.41) is 10.3. The highest BCUT2D eigenvalue weighted by molar-refractivity contribution is 7.33. The van der Waals surface area contributed by atoms with Crippen LogP contribution in [0.1, 0.15) is 11.1 Å². The Balaban J connectivity index is 1.04. The number of hydrogen-bond acceptors (Lipinski definition) is 4. The predicted molar refractivity (Wildman–Crippen MR) is 246 cm³/mol. The molecule has 0 radical (unpaired) electrons. The minimum absolute atomic E-state index is 1.15. The van der Waals surface area contributed by atoms with Crippen molar-refractivity contribution >= 4 is 119 Å². The minimum Gasteiger partial charge on any atom is -0.310 e. The fourth-order valence-corrected chi connectivity index (χ4v) is 11.0. The lowest BCUT2D eigenvalue weighted by atomic mass is 10.0. The van der Waals surface area contributed by atoms with Crippen LogP contribution < -0.4 is 9.80 Å². The summed E-state index contributed by atoms with van der Waals surface area (Å²) in [6, 6.07) is 66.8. The number of rotatable bonds is 6. The number of benzene rings is 9. The first-order valence-electron chi connectivity index (χ1n) is 19.1. The zero-order chi connectivity index (χ0) is 37.3. The number of hydrogen-bond donors (Lipinski definition) is 0. The van der Waals surface area contributed by atoms with Crippen LogP contribution in [0.25, 0.3) is 61.9 Å². The second-order valence-corrected chi connectivity index (χ2v) is 16.8. The number of nitrogens with zero attached hydrogens (tertiary/aromatic N) is 2. The van der Waals surface area contributed by atoms with E-state index in [-0.39, 0.29) is 0 Å². The van der Waals surface area contributed by atoms with Gasteiger partial charge < -0.3 is 9.80 Å². The Hall–Kier alpha value is -6.46. The van der Waals surface area contributed by atoms with Gasteiger partial charge in [-0.05, 0) is 131 Å². The summed E-state index contributed by atoms with van der Waals surface area (Å²) in [4.78, 5) is 4.75. The molecular weight excluding hydrogens is 717 g/mol. The SMILES string of the molecule is Cc1ccccc1N(c1ccccc1)c1ccc2cc3c(cc2c1)sc1c3ccc2c3cc4ccc(N(c5ccccc5)c5ccccc5C)cc4cc3sc21. The monoisotopic (exact) mass is 752 g/mol. The first-order valence-corrected chi connectivity index (χ1v) is 20.7. The third kappa shape index (κ3) is 5.36. The van der Waals surface area contributed by atoms with Gasteiger partial charge in [0.1, 0.15) is 0 Å². The van der Waals surface area contributed by atoms with Crippen molar-refractivity contribution in [2.75, 3.05) is 9.80 Å². The van der Waals surface area contributed by atoms with Crippen LogP contribution in [0.2, 0.25) is 0 Å². The van der Waals surface area contributed by atoms with Crippen LogP contribution >= 0.6 is 22.7 Å². The topological polar surface area (TPSA) is 6.48 Å². The molecule has 2 nitrogen and oxygen atoms in total. The molecule has 0 aliphatic rings. The minimum atomic E-state index is 1.15. The summed E-state index contributed by atoms with van der Waals surface area (Å²) >= 11 is 3.86. The molecule has 0 bridgehead atoms. The Labute approximate surface area is 333 Å². The maximum absolute atomic E-state index is 2.40. The molecule has 0 N–H and O–H groups in total. The molecule has 0 unspecified atom stereocenters. The molecule has 11 rings (SSSR count). The van der Waals surface area contributed by atoms with Crippen LogP contribution in [0.3, 0.4) is 0 Å². The van der Waals surface area contributed by atoms with Crippen LogP contribution in [0, 0.1) is 13.8 Å². The molecule has 0 atom stereocenters. The lowest BCUT2D eigenvalue weighted by Gasteiger charge is -2.27. The van der Waals surface area contributed by atoms with Crippen molar-refractivity contribution < 1.29 is 0 Å². The van der Waals surface area contributed by atoms with Crippen LogP contribution in [0.5, 0.6) is 0 Å². The molecule has 0 spiro atoms. The molecule has 0 fully saturated rings. The van der Waals surface area contributed by atoms with Crippen molar-refractivity contribution in [3.8, 4) is 0 Å². The van der Waals surface area contributed by atoms with Crippen LogP contribution in [-0.4, -0.2) is 0 Å². The van der Waals surface area contributed by atoms with E-state index in [1.807, 2.05) is 22.7 Å². The second kappa shape index (κ2) is 13.1. The van der Waals surface area contributed by atoms with Gasteiger partial charge in [-0.25, -0.2) is 0 Å². The third-order valence-electron chi connectivity index (χ3n) is 11.2. The van der Waals surface area contributed by atoms with Gasteiger partial charge in [-0.3, -0.25) is 0 Å². The quantitative estimate of drug-likeness (QED) is 0.167. The van der Waals surface area contributed by atoms with Gasteiger partial charge in [0.2, 0.25) is 0 Å². The van der Waals surface area contributed by atoms with E-state index >= 15 is 0 Å². The van der Waals surface area contributed by atoms with Gasteiger partial charge in [0, 0.05) is 65.1 Å². The van der Waals surface area contributed by atoms with Crippen LogP contribution in [-0.2, 0) is 0 Å². The molecule has 56 heavy (non-hydrogen) atoms. The van der Waals surface area contributed by atoms with E-state index in [2.05, 4.69) is 206 Å². The molecule has 0 saturated heterocycles. The van der Waals surface area contributed by atoms with E-state index in [1.54, 1.807) is 0 Å². The van der Waals surface area contributed by atoms with E-state index in [0.717, 1.165) is 22.7 Å². The van der Waals surface area contributed by atoms with Crippen molar-refractivity contribution in [1.82, 2.24) is 0 Å². The standard InChI is InChI=1S/C52H36N2S2/c1-33-13-9-11-19-47(33)53(39-15-5-3-6-16-39)41-23-21-35-29-45-43-25-26-44-46-30-36-22-24-42(54(40-17-7-4-8-18-40)48-20-12-10-14-34(48)2)28-38(36)32-50(46)56-52(44)51(43)55-49(45)31-37(35)27-41/h3-32H,1-2H3. The normalized spacial score (nSPS) is 11.8. The fourth-order valence-electron chi connectivity index (χ4n) is 8.44. The summed E-state index contributed by atoms with van der Waals surface area (Å²) in [7, 11) is 0. The maximum Gasteiger partial charge on any atom is 0.0534 e. The molecule has 2 heterocycles. The lowest BCUT2D eigenvalue weighted by molar-refractivity contribution is 1.25. The first-order chi connectivity index (χ1) is 27.6. The Kier molecular flexibility index (Phi) is 7.70. The highest BCUT2D eigenvalue weighted by atomic mass is 32.1. The number of fused-ring (bicyclic) bond motifs is 9. The summed E-state index contributed by atoms with van der Waals surface area (Å²) in [6.45, 7) is 4.38. The Morgan fingerprint density at radius 2 is 0.732 bits per heavy atom. The van der Waals surface area contributed by atoms with E-state index in [9.17, 15) is 0 Å². The van der Waals surface area contributed by atoms with Gasteiger partial charge in [0.15, 0.2) is 0 Å². The average molecular weight is 753 g/mol. The van der Waals surface area contributed by atoms with Gasteiger partial charge in [-0.15, -0.1) is 22.7 Å². The molecule has 0 aliphatic carbocycles. The number of anilines is 6. The zero-order valence-electron chi connectivity index (χ0n) is 31.0. The molecule has 0 aliphatic heterocycles. The number of aryl methyl sites for hydroxylation is 2. The molecule has 9 aromatic carbocycles. The van der Waals surface area contributed by atoms with Gasteiger partial charge >= 0.3 is 0 Å². The summed E-state index contributed by atoms with van der Waals surface area (Å²) < 4.78 is 5.40. The fraction of sp³-hybridized carbons (Fsp3) is 0.0385. The Morgan fingerprint density at radius 3 is 1.16 bits per heavy atom. The largest absolute Gasteiger partial charge is 0.310 e. The van der Waals surface area contributed by atoms with Gasteiger partial charge in [-0.2, -0.15) is 0 Å². The molecule has 0 amide bonds. The smallest absolute Gasteiger partial charge is 0.0534 e. The van der Waals surface area contributed by atoms with Crippen molar-refractivity contribution in [2.45, 2.75) is 13.8 Å². The van der Waals surface area contributed by atoms with Crippen molar-refractivity contribution in [3.63, 3.8) is 0 Å². The Bertz CT molecular complexity index is 3070. The second-order valence-electron chi connectivity index (χ2n) is 14.7. The summed E-state index contributed by atoms with van der Waals surface area (Å²) in [6.07, 6.45) is 0. The third-order valence-corrected chi connectivity index (χ3v) is 13.7. The molecule has 11 aromatic rings. The maximum atomic E-state index is 2.40. The molecule has 0 saturated carbocycles. The van der Waals surface area contributed by atoms with E-state index in [0.29, 0.717) is 0 Å². The summed E-state index contributed by atoms with van der Waals surface area (Å²) in [5.74, 6) is 0. The average Bonchev–Trinajstić information content (AvgIpc) is 3.79. The molecule has 266 valence electrons. The summed E-state index contributed by atoms with van der Waals surface area (Å²) in [5.41, 5.74) is 9.49. The van der Waals surface area contributed by atoms with Crippen LogP contribution in [0.15, 0.2) is 182 Å². The Morgan fingerprint density at radius 1 is 0.321 bits per heavy atom. The van der Waals surface area contributed by atoms with Gasteiger partial charge in [0.25, 0.3) is 0 Å². The van der Waals surface area contributed by atoms with Crippen molar-refractivity contribution in [2.24, 2.45) is 0 Å². The van der Waals surface area contributed by atoms with Crippen LogP contribution in [0.4, 0.5) is 34.1 Å². The van der Waals surface area contributed by atoms with Crippen molar-refractivity contribution in [1.29, 1.82) is 0 Å². The zero-order valence-corrected chi connectivity index (χ0v) is 32.7. The van der Waals surface area contributed by atoms with Gasteiger partial charge in [-0.1, -0.05) is 97.1 Å². The van der Waals surface area contributed by atoms with E-state index in [4.69, 9.17) is 0 Å². The number of para-hydroxylation sites is 4. The molecular formula is C52H36N2S2. The highest BCUT2D eigenvalue weighted by Gasteiger charge is 2.19. The van der Waals surface area contributed by atoms with E-state index in [1.165, 1.54) is 84.4 Å². The highest BCUT2D eigenvalue weighted by Crippen LogP contribution is 2.47.